The van der Waals surface area contributed by atoms with Gasteiger partial charge in [0.1, 0.15) is 0 Å². The van der Waals surface area contributed by atoms with E-state index in [1.165, 1.54) is 0 Å². The zero-order chi connectivity index (χ0) is 15.7. The number of hydrogen-bond acceptors (Lipinski definition) is 2. The highest BCUT2D eigenvalue weighted by Crippen LogP contribution is 2.23. The first-order chi connectivity index (χ1) is 10.6. The van der Waals surface area contributed by atoms with Crippen molar-refractivity contribution in [2.75, 3.05) is 19.6 Å². The molecule has 1 aromatic heterocycles. The van der Waals surface area contributed by atoms with Crippen molar-refractivity contribution in [3.05, 3.63) is 52.3 Å². The summed E-state index contributed by atoms with van der Waals surface area (Å²) in [7, 11) is 0. The van der Waals surface area contributed by atoms with Crippen molar-refractivity contribution in [1.29, 1.82) is 0 Å². The molecular weight excluding hydrogens is 333 g/mol. The summed E-state index contributed by atoms with van der Waals surface area (Å²) in [5, 5.41) is 6.92. The van der Waals surface area contributed by atoms with Crippen LogP contribution in [0.3, 0.4) is 0 Å². The van der Waals surface area contributed by atoms with Gasteiger partial charge in [0.15, 0.2) is 0 Å². The molecule has 6 heteroatoms. The second kappa shape index (κ2) is 7.39. The van der Waals surface area contributed by atoms with Crippen molar-refractivity contribution >= 4 is 29.9 Å². The van der Waals surface area contributed by atoms with Crippen molar-refractivity contribution in [3.63, 3.8) is 0 Å². The molecule has 2 aromatic rings. The normalized spacial score (nSPS) is 14.0. The molecule has 0 spiro atoms. The van der Waals surface area contributed by atoms with Gasteiger partial charge in [-0.3, -0.25) is 4.79 Å². The van der Waals surface area contributed by atoms with Gasteiger partial charge in [0.2, 0.25) is 0 Å². The summed E-state index contributed by atoms with van der Waals surface area (Å²) in [6.07, 6.45) is 0. The Bertz CT molecular complexity index is 708. The Morgan fingerprint density at radius 3 is 2.70 bits per heavy atom. The first-order valence-corrected chi connectivity index (χ1v) is 7.88. The number of hydrogen-bond donors (Lipinski definition) is 2. The lowest BCUT2D eigenvalue weighted by Crippen LogP contribution is -2.48. The minimum absolute atomic E-state index is 0. The molecule has 2 N–H and O–H groups in total. The van der Waals surface area contributed by atoms with E-state index in [-0.39, 0.29) is 18.3 Å². The van der Waals surface area contributed by atoms with E-state index < -0.39 is 0 Å². The number of halogens is 2. The highest BCUT2D eigenvalue weighted by molar-refractivity contribution is 6.30. The minimum atomic E-state index is -0.00622. The fourth-order valence-corrected chi connectivity index (χ4v) is 3.01. The Morgan fingerprint density at radius 1 is 1.35 bits per heavy atom. The highest BCUT2D eigenvalue weighted by Gasteiger charge is 2.20. The largest absolute Gasteiger partial charge is 0.352 e. The smallest absolute Gasteiger partial charge is 0.253 e. The highest BCUT2D eigenvalue weighted by atomic mass is 35.5. The summed E-state index contributed by atoms with van der Waals surface area (Å²) in [5.74, 6) is 0.550. The van der Waals surface area contributed by atoms with Crippen LogP contribution in [0.5, 0.6) is 0 Å². The van der Waals surface area contributed by atoms with Gasteiger partial charge in [-0.05, 0) is 38.1 Å². The number of carbonyl (C=O) groups is 1. The maximum Gasteiger partial charge on any atom is 0.253 e. The lowest BCUT2D eigenvalue weighted by molar-refractivity contribution is 0.0941. The van der Waals surface area contributed by atoms with Gasteiger partial charge in [0.25, 0.3) is 5.91 Å². The van der Waals surface area contributed by atoms with E-state index >= 15 is 0 Å². The maximum absolute atomic E-state index is 12.4. The van der Waals surface area contributed by atoms with Crippen LogP contribution >= 0.6 is 24.0 Å². The van der Waals surface area contributed by atoms with E-state index in [4.69, 9.17) is 11.6 Å². The third-order valence-electron chi connectivity index (χ3n) is 4.16. The predicted octanol–water partition coefficient (Wildman–Crippen LogP) is 3.12. The number of nitrogens with one attached hydrogen (secondary N) is 2. The van der Waals surface area contributed by atoms with Gasteiger partial charge < -0.3 is 15.2 Å². The molecule has 1 aromatic carbocycles. The van der Waals surface area contributed by atoms with E-state index in [0.29, 0.717) is 10.9 Å². The third-order valence-corrected chi connectivity index (χ3v) is 4.39. The molecule has 0 unspecified atom stereocenters. The van der Waals surface area contributed by atoms with E-state index in [2.05, 4.69) is 15.2 Å². The maximum atomic E-state index is 12.4. The molecule has 3 rings (SSSR count). The van der Waals surface area contributed by atoms with Crippen LogP contribution in [-0.2, 0) is 0 Å². The SMILES string of the molecule is Cc1cc(C(=O)NCC2CNC2)c(C)n1-c1cccc(Cl)c1.Cl. The van der Waals surface area contributed by atoms with E-state index in [0.717, 1.165) is 42.3 Å². The Morgan fingerprint density at radius 2 is 2.09 bits per heavy atom. The first kappa shape index (κ1) is 17.9. The number of aryl methyl sites for hydroxylation is 1. The average molecular weight is 354 g/mol. The number of nitrogens with zero attached hydrogens (tertiary/aromatic N) is 1. The molecule has 1 aliphatic rings. The fourth-order valence-electron chi connectivity index (χ4n) is 2.83. The van der Waals surface area contributed by atoms with Crippen molar-refractivity contribution < 1.29 is 4.79 Å². The molecule has 0 aliphatic carbocycles. The summed E-state index contributed by atoms with van der Waals surface area (Å²) in [6, 6.07) is 9.60. The van der Waals surface area contributed by atoms with Gasteiger partial charge in [-0.2, -0.15) is 0 Å². The van der Waals surface area contributed by atoms with Crippen LogP contribution in [0.2, 0.25) is 5.02 Å². The molecule has 4 nitrogen and oxygen atoms in total. The first-order valence-electron chi connectivity index (χ1n) is 7.50. The molecule has 1 aliphatic heterocycles. The number of carbonyl (C=O) groups excluding carboxylic acids is 1. The lowest BCUT2D eigenvalue weighted by Gasteiger charge is -2.27. The van der Waals surface area contributed by atoms with Crippen LogP contribution < -0.4 is 10.6 Å². The van der Waals surface area contributed by atoms with E-state index in [1.54, 1.807) is 0 Å². The molecule has 23 heavy (non-hydrogen) atoms. The minimum Gasteiger partial charge on any atom is -0.352 e. The summed E-state index contributed by atoms with van der Waals surface area (Å²) < 4.78 is 2.06. The lowest BCUT2D eigenvalue weighted by atomic mass is 10.0. The van der Waals surface area contributed by atoms with Crippen LogP contribution in [0.15, 0.2) is 30.3 Å². The molecule has 1 amide bonds. The van der Waals surface area contributed by atoms with Crippen LogP contribution in [0.4, 0.5) is 0 Å². The van der Waals surface area contributed by atoms with Gasteiger partial charge in [-0.25, -0.2) is 0 Å². The van der Waals surface area contributed by atoms with Crippen LogP contribution in [0, 0.1) is 19.8 Å². The standard InChI is InChI=1S/C17H20ClN3O.ClH/c1-11-6-16(17(22)20-10-13-8-19-9-13)12(2)21(11)15-5-3-4-14(18)7-15;/h3-7,13,19H,8-10H2,1-2H3,(H,20,22);1H. The van der Waals surface area contributed by atoms with Gasteiger partial charge in [-0.15, -0.1) is 12.4 Å². The van der Waals surface area contributed by atoms with Crippen molar-refractivity contribution in [2.24, 2.45) is 5.92 Å². The second-order valence-electron chi connectivity index (χ2n) is 5.83. The number of amides is 1. The van der Waals surface area contributed by atoms with Crippen LogP contribution in [-0.4, -0.2) is 30.1 Å². The molecule has 0 saturated carbocycles. The Hall–Kier alpha value is -1.49. The monoisotopic (exact) mass is 353 g/mol. The Labute approximate surface area is 147 Å². The third kappa shape index (κ3) is 3.71. The molecular formula is C17H21Cl2N3O. The number of aromatic nitrogens is 1. The quantitative estimate of drug-likeness (QED) is 0.886. The molecule has 0 radical (unpaired) electrons. The Kier molecular flexibility index (Phi) is 5.74. The molecule has 0 atom stereocenters. The van der Waals surface area contributed by atoms with Crippen molar-refractivity contribution in [2.45, 2.75) is 13.8 Å². The number of rotatable bonds is 4. The van der Waals surface area contributed by atoms with Crippen molar-refractivity contribution in [3.8, 4) is 5.69 Å². The molecule has 2 heterocycles. The van der Waals surface area contributed by atoms with E-state index in [1.807, 2.05) is 44.2 Å². The molecule has 1 fully saturated rings. The van der Waals surface area contributed by atoms with Crippen LogP contribution in [0.25, 0.3) is 5.69 Å². The summed E-state index contributed by atoms with van der Waals surface area (Å²) in [5.41, 5.74) is 3.66. The fraction of sp³-hybridized carbons (Fsp3) is 0.353. The Balaban J connectivity index is 0.00000192. The van der Waals surface area contributed by atoms with Crippen LogP contribution in [0.1, 0.15) is 21.7 Å². The summed E-state index contributed by atoms with van der Waals surface area (Å²) >= 11 is 6.08. The topological polar surface area (TPSA) is 46.1 Å². The molecule has 0 bridgehead atoms. The average Bonchev–Trinajstić information content (AvgIpc) is 2.72. The molecule has 124 valence electrons. The second-order valence-corrected chi connectivity index (χ2v) is 6.27. The van der Waals surface area contributed by atoms with Gasteiger partial charge in [-0.1, -0.05) is 17.7 Å². The van der Waals surface area contributed by atoms with Gasteiger partial charge >= 0.3 is 0 Å². The van der Waals surface area contributed by atoms with Crippen molar-refractivity contribution in [1.82, 2.24) is 15.2 Å². The predicted molar refractivity (Wildman–Crippen MR) is 96.2 cm³/mol. The van der Waals surface area contributed by atoms with Gasteiger partial charge in [0.05, 0.1) is 5.56 Å². The molecule has 1 saturated heterocycles. The number of benzene rings is 1. The zero-order valence-electron chi connectivity index (χ0n) is 13.2. The zero-order valence-corrected chi connectivity index (χ0v) is 14.8. The van der Waals surface area contributed by atoms with Gasteiger partial charge in [0, 0.05) is 47.7 Å². The summed E-state index contributed by atoms with van der Waals surface area (Å²) in [6.45, 7) is 6.67. The summed E-state index contributed by atoms with van der Waals surface area (Å²) in [4.78, 5) is 12.4. The van der Waals surface area contributed by atoms with E-state index in [9.17, 15) is 4.79 Å².